The van der Waals surface area contributed by atoms with E-state index in [0.717, 1.165) is 0 Å². The van der Waals surface area contributed by atoms with Gasteiger partial charge in [-0.15, -0.1) is 0 Å². The molecular weight excluding hydrogens is 220 g/mol. The molecule has 0 fully saturated rings. The number of fused-ring (bicyclic) bond motifs is 1. The number of phenolic OH excluding ortho intramolecular Hbond substituents is 1. The number of rotatable bonds is 2. The van der Waals surface area contributed by atoms with Crippen molar-refractivity contribution in [2.75, 3.05) is 0 Å². The van der Waals surface area contributed by atoms with Crippen LogP contribution in [0.4, 0.5) is 0 Å². The third-order valence-electron chi connectivity index (χ3n) is 2.86. The number of ketones is 2. The first-order valence-electron chi connectivity index (χ1n) is 5.50. The minimum Gasteiger partial charge on any atom is -0.507 e. The third kappa shape index (κ3) is 1.79. The van der Waals surface area contributed by atoms with E-state index in [0.29, 0.717) is 11.3 Å². The summed E-state index contributed by atoms with van der Waals surface area (Å²) in [7, 11) is 0. The Morgan fingerprint density at radius 3 is 2.59 bits per heavy atom. The average Bonchev–Trinajstić information content (AvgIpc) is 2.54. The van der Waals surface area contributed by atoms with Gasteiger partial charge in [-0.3, -0.25) is 9.59 Å². The summed E-state index contributed by atoms with van der Waals surface area (Å²) in [6, 6.07) is 2.75. The van der Waals surface area contributed by atoms with Crippen LogP contribution in [-0.4, -0.2) is 22.8 Å². The standard InChI is InChI=1S/C13H14O4/c1-6(2)13-12(16)9-4-8(7(3)14)10(15)5-11(9)17-13/h4-6,13,15H,1-3H3/t13-/m1/s1. The summed E-state index contributed by atoms with van der Waals surface area (Å²) in [6.07, 6.45) is -0.522. The summed E-state index contributed by atoms with van der Waals surface area (Å²) in [6.45, 7) is 5.13. The van der Waals surface area contributed by atoms with Crippen molar-refractivity contribution in [3.8, 4) is 11.5 Å². The molecule has 0 radical (unpaired) electrons. The van der Waals surface area contributed by atoms with E-state index in [1.807, 2.05) is 13.8 Å². The molecule has 0 saturated carbocycles. The number of carbonyl (C=O) groups excluding carboxylic acids is 2. The van der Waals surface area contributed by atoms with Crippen LogP contribution in [-0.2, 0) is 0 Å². The summed E-state index contributed by atoms with van der Waals surface area (Å²) in [4.78, 5) is 23.3. The van der Waals surface area contributed by atoms with E-state index in [1.54, 1.807) is 0 Å². The lowest BCUT2D eigenvalue weighted by Crippen LogP contribution is -2.26. The van der Waals surface area contributed by atoms with Crippen molar-refractivity contribution in [1.29, 1.82) is 0 Å². The van der Waals surface area contributed by atoms with Crippen LogP contribution >= 0.6 is 0 Å². The van der Waals surface area contributed by atoms with Gasteiger partial charge in [-0.2, -0.15) is 0 Å². The van der Waals surface area contributed by atoms with Crippen LogP contribution in [0.3, 0.4) is 0 Å². The molecule has 1 aromatic carbocycles. The Morgan fingerprint density at radius 2 is 2.06 bits per heavy atom. The Labute approximate surface area is 99.2 Å². The van der Waals surface area contributed by atoms with Crippen molar-refractivity contribution >= 4 is 11.6 Å². The van der Waals surface area contributed by atoms with E-state index in [9.17, 15) is 14.7 Å². The molecule has 1 N–H and O–H groups in total. The summed E-state index contributed by atoms with van der Waals surface area (Å²) in [5, 5.41) is 9.64. The number of phenols is 1. The molecule has 90 valence electrons. The van der Waals surface area contributed by atoms with E-state index in [-0.39, 0.29) is 28.8 Å². The van der Waals surface area contributed by atoms with Crippen LogP contribution in [0, 0.1) is 5.92 Å². The zero-order chi connectivity index (χ0) is 12.7. The molecule has 1 aliphatic heterocycles. The van der Waals surface area contributed by atoms with Crippen LogP contribution in [0.2, 0.25) is 0 Å². The van der Waals surface area contributed by atoms with Gasteiger partial charge in [0.25, 0.3) is 0 Å². The maximum Gasteiger partial charge on any atom is 0.207 e. The molecule has 1 aliphatic rings. The number of carbonyl (C=O) groups is 2. The minimum absolute atomic E-state index is 0.0535. The van der Waals surface area contributed by atoms with Gasteiger partial charge in [-0.25, -0.2) is 0 Å². The van der Waals surface area contributed by atoms with Crippen molar-refractivity contribution in [1.82, 2.24) is 0 Å². The van der Waals surface area contributed by atoms with Crippen LogP contribution in [0.5, 0.6) is 11.5 Å². The predicted molar refractivity (Wildman–Crippen MR) is 61.7 cm³/mol. The first kappa shape index (κ1) is 11.6. The first-order valence-corrected chi connectivity index (χ1v) is 5.50. The molecule has 0 amide bonds. The fourth-order valence-corrected chi connectivity index (χ4v) is 1.92. The topological polar surface area (TPSA) is 63.6 Å². The first-order chi connectivity index (χ1) is 7.91. The Hall–Kier alpha value is -1.84. The highest BCUT2D eigenvalue weighted by Gasteiger charge is 2.35. The van der Waals surface area contributed by atoms with Gasteiger partial charge < -0.3 is 9.84 Å². The van der Waals surface area contributed by atoms with Crippen LogP contribution < -0.4 is 4.74 Å². The molecule has 1 atom stereocenters. The van der Waals surface area contributed by atoms with Gasteiger partial charge in [0.05, 0.1) is 11.1 Å². The lowest BCUT2D eigenvalue weighted by Gasteiger charge is -2.12. The Kier molecular flexibility index (Phi) is 2.65. The summed E-state index contributed by atoms with van der Waals surface area (Å²) >= 11 is 0. The molecule has 0 aromatic heterocycles. The molecule has 1 aromatic rings. The second kappa shape index (κ2) is 3.87. The average molecular weight is 234 g/mol. The molecular formula is C13H14O4. The molecule has 4 heteroatoms. The van der Waals surface area contributed by atoms with Crippen molar-refractivity contribution in [3.63, 3.8) is 0 Å². The van der Waals surface area contributed by atoms with Crippen LogP contribution in [0.15, 0.2) is 12.1 Å². The fourth-order valence-electron chi connectivity index (χ4n) is 1.92. The number of aromatic hydroxyl groups is 1. The zero-order valence-electron chi connectivity index (χ0n) is 9.98. The molecule has 0 bridgehead atoms. The highest BCUT2D eigenvalue weighted by atomic mass is 16.5. The predicted octanol–water partition coefficient (Wildman–Crippen LogP) is 2.19. The van der Waals surface area contributed by atoms with Gasteiger partial charge in [-0.1, -0.05) is 13.8 Å². The molecule has 0 unspecified atom stereocenters. The number of Topliss-reactive ketones (excluding diaryl/α,β-unsaturated/α-hetero) is 2. The van der Waals surface area contributed by atoms with Gasteiger partial charge >= 0.3 is 0 Å². The molecule has 0 spiro atoms. The lowest BCUT2D eigenvalue weighted by atomic mass is 9.98. The minimum atomic E-state index is -0.522. The summed E-state index contributed by atoms with van der Waals surface area (Å²) in [5.41, 5.74) is 0.539. The van der Waals surface area contributed by atoms with Gasteiger partial charge in [0.15, 0.2) is 11.9 Å². The molecule has 1 heterocycles. The van der Waals surface area contributed by atoms with Crippen molar-refractivity contribution in [3.05, 3.63) is 23.3 Å². The van der Waals surface area contributed by atoms with Gasteiger partial charge in [0, 0.05) is 6.07 Å². The van der Waals surface area contributed by atoms with Crippen molar-refractivity contribution < 1.29 is 19.4 Å². The van der Waals surface area contributed by atoms with Crippen molar-refractivity contribution in [2.45, 2.75) is 26.9 Å². The summed E-state index contributed by atoms with van der Waals surface area (Å²) < 4.78 is 5.48. The highest BCUT2D eigenvalue weighted by Crippen LogP contribution is 2.36. The summed E-state index contributed by atoms with van der Waals surface area (Å²) in [5.74, 6) is -0.133. The van der Waals surface area contributed by atoms with E-state index >= 15 is 0 Å². The Morgan fingerprint density at radius 1 is 1.41 bits per heavy atom. The zero-order valence-corrected chi connectivity index (χ0v) is 9.98. The van der Waals surface area contributed by atoms with Gasteiger partial charge in [-0.05, 0) is 18.9 Å². The van der Waals surface area contributed by atoms with Crippen molar-refractivity contribution in [2.24, 2.45) is 5.92 Å². The second-order valence-electron chi connectivity index (χ2n) is 4.57. The number of benzene rings is 1. The largest absolute Gasteiger partial charge is 0.507 e. The highest BCUT2D eigenvalue weighted by molar-refractivity contribution is 6.07. The normalized spacial score (nSPS) is 18.1. The van der Waals surface area contributed by atoms with E-state index < -0.39 is 6.10 Å². The maximum absolute atomic E-state index is 12.0. The molecule has 4 nitrogen and oxygen atoms in total. The van der Waals surface area contributed by atoms with E-state index in [4.69, 9.17) is 4.74 Å². The van der Waals surface area contributed by atoms with Gasteiger partial charge in [0.1, 0.15) is 11.5 Å². The van der Waals surface area contributed by atoms with Crippen LogP contribution in [0.25, 0.3) is 0 Å². The van der Waals surface area contributed by atoms with Crippen LogP contribution in [0.1, 0.15) is 41.5 Å². The number of hydrogen-bond acceptors (Lipinski definition) is 4. The maximum atomic E-state index is 12.0. The second-order valence-corrected chi connectivity index (χ2v) is 4.57. The monoisotopic (exact) mass is 234 g/mol. The molecule has 0 saturated heterocycles. The molecule has 0 aliphatic carbocycles. The quantitative estimate of drug-likeness (QED) is 0.797. The number of ether oxygens (including phenoxy) is 1. The van der Waals surface area contributed by atoms with E-state index in [2.05, 4.69) is 0 Å². The van der Waals surface area contributed by atoms with E-state index in [1.165, 1.54) is 19.1 Å². The fraction of sp³-hybridized carbons (Fsp3) is 0.385. The third-order valence-corrected chi connectivity index (χ3v) is 2.86. The van der Waals surface area contributed by atoms with Gasteiger partial charge in [0.2, 0.25) is 5.78 Å². The lowest BCUT2D eigenvalue weighted by molar-refractivity contribution is 0.0790. The smallest absolute Gasteiger partial charge is 0.207 e. The molecule has 2 rings (SSSR count). The Bertz CT molecular complexity index is 502. The molecule has 17 heavy (non-hydrogen) atoms. The number of hydrogen-bond donors (Lipinski definition) is 1. The SMILES string of the molecule is CC(=O)c1cc2c(cc1O)O[C@H](C(C)C)C2=O. The Balaban J connectivity index is 2.50.